The van der Waals surface area contributed by atoms with Crippen LogP contribution >= 0.6 is 0 Å². The van der Waals surface area contributed by atoms with E-state index in [0.717, 1.165) is 25.9 Å². The molecule has 6 heteroatoms. The molecule has 1 heterocycles. The molecule has 0 radical (unpaired) electrons. The summed E-state index contributed by atoms with van der Waals surface area (Å²) in [6, 6.07) is 0. The Balaban J connectivity index is 1.61. The van der Waals surface area contributed by atoms with Gasteiger partial charge in [0.25, 0.3) is 5.79 Å². The summed E-state index contributed by atoms with van der Waals surface area (Å²) in [6.07, 6.45) is 12.2. The molecule has 0 aromatic rings. The number of allylic oxidation sites excluding steroid dienone is 1. The van der Waals surface area contributed by atoms with Crippen LogP contribution in [0.5, 0.6) is 0 Å². The lowest BCUT2D eigenvalue weighted by Gasteiger charge is -2.20. The number of epoxide rings is 1. The van der Waals surface area contributed by atoms with Gasteiger partial charge in [0, 0.05) is 20.1 Å². The summed E-state index contributed by atoms with van der Waals surface area (Å²) in [5.74, 6) is -3.09. The Morgan fingerprint density at radius 2 is 1.82 bits per heavy atom. The molecule has 0 bridgehead atoms. The Morgan fingerprint density at radius 1 is 1.14 bits per heavy atom. The number of carboxylic acids is 1. The Labute approximate surface area is 168 Å². The molecule has 4 atom stereocenters. The van der Waals surface area contributed by atoms with Crippen LogP contribution in [-0.2, 0) is 14.3 Å². The van der Waals surface area contributed by atoms with Crippen molar-refractivity contribution in [1.82, 2.24) is 0 Å². The molecule has 2 fully saturated rings. The number of aliphatic carboxylic acids is 1. The van der Waals surface area contributed by atoms with E-state index in [0.29, 0.717) is 18.3 Å². The van der Waals surface area contributed by atoms with Gasteiger partial charge in [-0.05, 0) is 50.4 Å². The van der Waals surface area contributed by atoms with Crippen LogP contribution in [0, 0.1) is 11.8 Å². The van der Waals surface area contributed by atoms with Crippen LogP contribution in [-0.4, -0.2) is 53.0 Å². The molecule has 2 rings (SSSR count). The lowest BCUT2D eigenvalue weighted by molar-refractivity contribution is -0.205. The van der Waals surface area contributed by atoms with Gasteiger partial charge in [-0.25, -0.2) is 4.79 Å². The van der Waals surface area contributed by atoms with Crippen molar-refractivity contribution in [1.29, 1.82) is 0 Å². The second-order valence-electron chi connectivity index (χ2n) is 8.58. The summed E-state index contributed by atoms with van der Waals surface area (Å²) in [4.78, 5) is 10.8. The van der Waals surface area contributed by atoms with Gasteiger partial charge < -0.3 is 24.8 Å². The van der Waals surface area contributed by atoms with Crippen LogP contribution in [0.3, 0.4) is 0 Å². The first-order chi connectivity index (χ1) is 13.3. The predicted octanol–water partition coefficient (Wildman–Crippen LogP) is 3.65. The molecule has 28 heavy (non-hydrogen) atoms. The highest BCUT2D eigenvalue weighted by Crippen LogP contribution is 2.45. The van der Waals surface area contributed by atoms with Gasteiger partial charge >= 0.3 is 5.97 Å². The van der Waals surface area contributed by atoms with Crippen molar-refractivity contribution >= 4 is 5.97 Å². The Bertz CT molecular complexity index is 503. The summed E-state index contributed by atoms with van der Waals surface area (Å²) in [5.41, 5.74) is 1.32. The van der Waals surface area contributed by atoms with Crippen molar-refractivity contribution in [2.24, 2.45) is 11.8 Å². The first-order valence-electron chi connectivity index (χ1n) is 10.9. The van der Waals surface area contributed by atoms with Crippen molar-refractivity contribution in [3.05, 3.63) is 12.2 Å². The molecule has 0 spiro atoms. The second kappa shape index (κ2) is 11.3. The van der Waals surface area contributed by atoms with Crippen molar-refractivity contribution in [3.63, 3.8) is 0 Å². The second-order valence-corrected chi connectivity index (χ2v) is 8.58. The maximum Gasteiger partial charge on any atom is 0.364 e. The largest absolute Gasteiger partial charge is 0.477 e. The molecular weight excluding hydrogens is 360 g/mol. The van der Waals surface area contributed by atoms with Crippen molar-refractivity contribution in [3.8, 4) is 0 Å². The van der Waals surface area contributed by atoms with E-state index in [1.54, 1.807) is 7.11 Å². The van der Waals surface area contributed by atoms with E-state index in [9.17, 15) is 15.0 Å². The number of ether oxygens (including phenoxy) is 2. The lowest BCUT2D eigenvalue weighted by Crippen LogP contribution is -2.38. The average molecular weight is 399 g/mol. The molecule has 1 saturated carbocycles. The van der Waals surface area contributed by atoms with Gasteiger partial charge in [0.1, 0.15) is 0 Å². The summed E-state index contributed by atoms with van der Waals surface area (Å²) < 4.78 is 10.8. The molecule has 162 valence electrons. The molecule has 3 N–H and O–H groups in total. The molecule has 0 aromatic carbocycles. The topological polar surface area (TPSA) is 99.5 Å². The summed E-state index contributed by atoms with van der Waals surface area (Å²) in [5, 5.41) is 27.6. The van der Waals surface area contributed by atoms with Crippen LogP contribution in [0.15, 0.2) is 12.2 Å². The van der Waals surface area contributed by atoms with E-state index in [1.165, 1.54) is 50.5 Å². The monoisotopic (exact) mass is 398 g/mol. The van der Waals surface area contributed by atoms with Gasteiger partial charge in [0.05, 0.1) is 12.2 Å². The summed E-state index contributed by atoms with van der Waals surface area (Å²) >= 11 is 0. The third-order valence-electron chi connectivity index (χ3n) is 6.40. The van der Waals surface area contributed by atoms with Gasteiger partial charge in [0.2, 0.25) is 0 Å². The molecule has 1 aliphatic carbocycles. The smallest absolute Gasteiger partial charge is 0.364 e. The number of hydrogen-bond acceptors (Lipinski definition) is 5. The van der Waals surface area contributed by atoms with E-state index >= 15 is 0 Å². The van der Waals surface area contributed by atoms with Gasteiger partial charge in [-0.15, -0.1) is 0 Å². The van der Waals surface area contributed by atoms with Crippen LogP contribution in [0.1, 0.15) is 77.0 Å². The van der Waals surface area contributed by atoms with Gasteiger partial charge in [0.15, 0.2) is 0 Å². The number of carbonyl (C=O) groups is 1. The van der Waals surface area contributed by atoms with E-state index in [4.69, 9.17) is 14.6 Å². The molecule has 6 nitrogen and oxygen atoms in total. The minimum Gasteiger partial charge on any atom is -0.477 e. The van der Waals surface area contributed by atoms with Crippen LogP contribution in [0.2, 0.25) is 0 Å². The first kappa shape index (κ1) is 23.3. The van der Waals surface area contributed by atoms with E-state index in [-0.39, 0.29) is 18.6 Å². The number of methoxy groups -OCH3 is 1. The minimum atomic E-state index is -2.65. The lowest BCUT2D eigenvalue weighted by atomic mass is 9.85. The normalized spacial score (nSPS) is 27.3. The average Bonchev–Trinajstić information content (AvgIpc) is 3.31. The Kier molecular flexibility index (Phi) is 9.41. The number of unbranched alkanes of at least 4 members (excludes halogenated alkanes) is 5. The van der Waals surface area contributed by atoms with E-state index < -0.39 is 11.8 Å². The van der Waals surface area contributed by atoms with E-state index in [1.807, 2.05) is 0 Å². The maximum absolute atomic E-state index is 10.8. The fourth-order valence-corrected chi connectivity index (χ4v) is 4.50. The number of rotatable bonds is 15. The zero-order valence-electron chi connectivity index (χ0n) is 17.3. The quantitative estimate of drug-likeness (QED) is 0.169. The highest BCUT2D eigenvalue weighted by molar-refractivity contribution is 5.74. The van der Waals surface area contributed by atoms with Gasteiger partial charge in [-0.2, -0.15) is 0 Å². The van der Waals surface area contributed by atoms with Crippen LogP contribution in [0.25, 0.3) is 0 Å². The zero-order valence-corrected chi connectivity index (χ0v) is 17.3. The van der Waals surface area contributed by atoms with E-state index in [2.05, 4.69) is 6.58 Å². The molecule has 1 unspecified atom stereocenters. The van der Waals surface area contributed by atoms with Crippen LogP contribution < -0.4 is 0 Å². The number of hydrogen-bond donors (Lipinski definition) is 3. The van der Waals surface area contributed by atoms with Crippen molar-refractivity contribution in [2.75, 3.05) is 13.7 Å². The molecule has 0 aromatic heterocycles. The third kappa shape index (κ3) is 7.47. The third-order valence-corrected chi connectivity index (χ3v) is 6.40. The fraction of sp³-hybridized carbons (Fsp3) is 0.864. The van der Waals surface area contributed by atoms with Crippen molar-refractivity contribution in [2.45, 2.75) is 95.0 Å². The standard InChI is InChI=1S/C22H38O6/c1-16-10-11-17(9-7-5-3-4-6-8-14-27-2)18(16)15-20-19(28-20)12-13-22(25,26)21(23)24/h17-20,25-26H,1,3-15H2,2H3,(H,23,24)/t17-,18-,19?,20+/m0/s1. The SMILES string of the molecule is C=C1CC[C@H](CCCCCCCCOC)[C@H]1C[C@H]1OC1CCC(O)(O)C(=O)O. The first-order valence-corrected chi connectivity index (χ1v) is 10.9. The molecule has 2 aliphatic rings. The maximum atomic E-state index is 10.8. The zero-order chi connectivity index (χ0) is 20.6. The summed E-state index contributed by atoms with van der Waals surface area (Å²) in [6.45, 7) is 5.13. The fourth-order valence-electron chi connectivity index (χ4n) is 4.50. The number of carboxylic acid groups (broad SMARTS) is 1. The number of aliphatic hydroxyl groups is 2. The Hall–Kier alpha value is -0.950. The van der Waals surface area contributed by atoms with Crippen molar-refractivity contribution < 1.29 is 29.6 Å². The van der Waals surface area contributed by atoms with Gasteiger partial charge in [-0.3, -0.25) is 0 Å². The molecule has 1 saturated heterocycles. The van der Waals surface area contributed by atoms with Crippen LogP contribution in [0.4, 0.5) is 0 Å². The summed E-state index contributed by atoms with van der Waals surface area (Å²) in [7, 11) is 1.75. The van der Waals surface area contributed by atoms with Gasteiger partial charge in [-0.1, -0.05) is 44.3 Å². The minimum absolute atomic E-state index is 0.0563. The Morgan fingerprint density at radius 3 is 2.50 bits per heavy atom. The highest BCUT2D eigenvalue weighted by Gasteiger charge is 2.45. The predicted molar refractivity (Wildman–Crippen MR) is 107 cm³/mol. The highest BCUT2D eigenvalue weighted by atomic mass is 16.6. The molecule has 0 amide bonds. The molecular formula is C22H38O6. The molecule has 1 aliphatic heterocycles.